The predicted octanol–water partition coefficient (Wildman–Crippen LogP) is 1.16. The summed E-state index contributed by atoms with van der Waals surface area (Å²) in [5, 5.41) is 0. The quantitative estimate of drug-likeness (QED) is 0.413. The second-order valence-corrected chi connectivity index (χ2v) is 2.56. The van der Waals surface area contributed by atoms with Crippen LogP contribution in [0, 0.1) is 0 Å². The molecule has 72 valence electrons. The summed E-state index contributed by atoms with van der Waals surface area (Å²) >= 11 is 0. The number of halogens is 3. The lowest BCUT2D eigenvalue weighted by Gasteiger charge is -1.98. The van der Waals surface area contributed by atoms with Crippen LogP contribution in [0.2, 0.25) is 0 Å². The standard InChI is InChI=1S/C3H7O4P.BF3/c1-2-3-7-8(4,5)6;2-1(3)4/h2H,1,3H2,(H2,4,5,6);. The van der Waals surface area contributed by atoms with Crippen LogP contribution in [0.5, 0.6) is 0 Å². The molecule has 0 saturated carbocycles. The molecule has 0 aromatic heterocycles. The SMILES string of the molecule is C=CCOP(=O)(O)O.FB(F)F. The van der Waals surface area contributed by atoms with Gasteiger partial charge in [-0.1, -0.05) is 6.08 Å². The third-order valence-electron chi connectivity index (χ3n) is 0.361. The molecule has 0 radical (unpaired) electrons. The van der Waals surface area contributed by atoms with E-state index < -0.39 is 15.4 Å². The van der Waals surface area contributed by atoms with E-state index >= 15 is 0 Å². The zero-order valence-electron chi connectivity index (χ0n) is 5.86. The number of hydrogen-bond acceptors (Lipinski definition) is 2. The van der Waals surface area contributed by atoms with Crippen molar-refractivity contribution in [2.75, 3.05) is 6.61 Å². The molecule has 0 aromatic rings. The molecule has 0 aliphatic heterocycles. The molecule has 0 heterocycles. The van der Waals surface area contributed by atoms with E-state index in [-0.39, 0.29) is 6.61 Å². The molecule has 0 spiro atoms. The van der Waals surface area contributed by atoms with Gasteiger partial charge in [-0.15, -0.1) is 6.58 Å². The molecule has 0 fully saturated rings. The Hall–Kier alpha value is -0.295. The van der Waals surface area contributed by atoms with E-state index in [0.29, 0.717) is 0 Å². The lowest BCUT2D eigenvalue weighted by molar-refractivity contribution is 0.216. The maximum atomic E-state index is 9.81. The van der Waals surface area contributed by atoms with Crippen molar-refractivity contribution < 1.29 is 31.8 Å². The number of rotatable bonds is 3. The van der Waals surface area contributed by atoms with Gasteiger partial charge in [0.2, 0.25) is 0 Å². The van der Waals surface area contributed by atoms with Gasteiger partial charge in [0, 0.05) is 0 Å². The van der Waals surface area contributed by atoms with E-state index in [1.807, 2.05) is 0 Å². The van der Waals surface area contributed by atoms with Crippen molar-refractivity contribution in [2.24, 2.45) is 0 Å². The normalized spacial score (nSPS) is 9.75. The third-order valence-corrected chi connectivity index (χ3v) is 0.846. The van der Waals surface area contributed by atoms with Gasteiger partial charge in [-0.3, -0.25) is 17.5 Å². The Morgan fingerprint density at radius 2 is 1.83 bits per heavy atom. The summed E-state index contributed by atoms with van der Waals surface area (Å²) < 4.78 is 42.7. The molecule has 0 amide bonds. The molecular formula is C3H7BF3O4P. The van der Waals surface area contributed by atoms with Gasteiger partial charge in [-0.2, -0.15) is 0 Å². The lowest BCUT2D eigenvalue weighted by atomic mass is 10.5. The molecule has 9 heteroatoms. The van der Waals surface area contributed by atoms with Crippen LogP contribution in [0.15, 0.2) is 12.7 Å². The first-order chi connectivity index (χ1) is 5.29. The highest BCUT2D eigenvalue weighted by Gasteiger charge is 2.10. The summed E-state index contributed by atoms with van der Waals surface area (Å²) in [6, 6.07) is 0. The molecular weight excluding hydrogens is 199 g/mol. The Labute approximate surface area is 67.5 Å². The van der Waals surface area contributed by atoms with Crippen molar-refractivity contribution in [1.29, 1.82) is 0 Å². The topological polar surface area (TPSA) is 66.8 Å². The van der Waals surface area contributed by atoms with Gasteiger partial charge in [0.1, 0.15) is 0 Å². The van der Waals surface area contributed by atoms with Gasteiger partial charge >= 0.3 is 15.4 Å². The van der Waals surface area contributed by atoms with Crippen LogP contribution >= 0.6 is 7.82 Å². The summed E-state index contributed by atoms with van der Waals surface area (Å²) in [6.07, 6.45) is 1.26. The third kappa shape index (κ3) is 33.2. The zero-order chi connectivity index (χ0) is 10.2. The van der Waals surface area contributed by atoms with E-state index in [1.54, 1.807) is 0 Å². The summed E-state index contributed by atoms with van der Waals surface area (Å²) in [7, 11) is -7.92. The van der Waals surface area contributed by atoms with Crippen molar-refractivity contribution in [3.05, 3.63) is 12.7 Å². The molecule has 0 saturated heterocycles. The average molecular weight is 206 g/mol. The lowest BCUT2D eigenvalue weighted by Crippen LogP contribution is -1.86. The van der Waals surface area contributed by atoms with Crippen LogP contribution in [0.4, 0.5) is 12.9 Å². The summed E-state index contributed by atoms with van der Waals surface area (Å²) in [5.41, 5.74) is 0. The van der Waals surface area contributed by atoms with E-state index in [0.717, 1.165) is 0 Å². The smallest absolute Gasteiger partial charge is 0.303 e. The van der Waals surface area contributed by atoms with Gasteiger partial charge in [0.15, 0.2) is 0 Å². The highest BCUT2D eigenvalue weighted by molar-refractivity contribution is 7.46. The Morgan fingerprint density at radius 1 is 1.50 bits per heavy atom. The van der Waals surface area contributed by atoms with Crippen molar-refractivity contribution in [3.63, 3.8) is 0 Å². The Kier molecular flexibility index (Phi) is 8.73. The summed E-state index contributed by atoms with van der Waals surface area (Å²) in [4.78, 5) is 16.0. The van der Waals surface area contributed by atoms with Crippen molar-refractivity contribution in [1.82, 2.24) is 0 Å². The summed E-state index contributed by atoms with van der Waals surface area (Å²) in [6.45, 7) is 3.07. The van der Waals surface area contributed by atoms with Crippen molar-refractivity contribution >= 4 is 15.4 Å². The highest BCUT2D eigenvalue weighted by atomic mass is 31.2. The number of phosphoric acid groups is 1. The van der Waals surface area contributed by atoms with E-state index in [4.69, 9.17) is 9.79 Å². The Morgan fingerprint density at radius 3 is 1.92 bits per heavy atom. The molecule has 2 N–H and O–H groups in total. The van der Waals surface area contributed by atoms with Crippen LogP contribution in [-0.4, -0.2) is 23.9 Å². The molecule has 0 unspecified atom stereocenters. The van der Waals surface area contributed by atoms with Crippen molar-refractivity contribution in [2.45, 2.75) is 0 Å². The minimum atomic E-state index is -4.25. The maximum absolute atomic E-state index is 9.81. The van der Waals surface area contributed by atoms with Crippen LogP contribution in [0.25, 0.3) is 0 Å². The molecule has 0 aliphatic rings. The first kappa shape index (κ1) is 14.2. The Bertz CT molecular complexity index is 157. The van der Waals surface area contributed by atoms with Crippen molar-refractivity contribution in [3.8, 4) is 0 Å². The van der Waals surface area contributed by atoms with E-state index in [1.165, 1.54) is 6.08 Å². The minimum absolute atomic E-state index is 0.121. The van der Waals surface area contributed by atoms with Crippen LogP contribution < -0.4 is 0 Å². The summed E-state index contributed by atoms with van der Waals surface area (Å²) in [5.74, 6) is 0. The monoisotopic (exact) mass is 206 g/mol. The van der Waals surface area contributed by atoms with Gasteiger partial charge in [0.05, 0.1) is 6.61 Å². The number of phosphoric ester groups is 1. The number of hydrogen-bond donors (Lipinski definition) is 2. The fourth-order valence-corrected chi connectivity index (χ4v) is 0.449. The van der Waals surface area contributed by atoms with Gasteiger partial charge < -0.3 is 9.79 Å². The minimum Gasteiger partial charge on any atom is -0.303 e. The van der Waals surface area contributed by atoms with Gasteiger partial charge in [-0.05, 0) is 0 Å². The average Bonchev–Trinajstić information content (AvgIpc) is 1.80. The largest absolute Gasteiger partial charge is 0.762 e. The zero-order valence-corrected chi connectivity index (χ0v) is 6.76. The van der Waals surface area contributed by atoms with Crippen LogP contribution in [0.3, 0.4) is 0 Å². The van der Waals surface area contributed by atoms with E-state index in [2.05, 4.69) is 11.1 Å². The fraction of sp³-hybridized carbons (Fsp3) is 0.333. The first-order valence-electron chi connectivity index (χ1n) is 2.52. The molecule has 0 atom stereocenters. The van der Waals surface area contributed by atoms with Gasteiger partial charge in [0.25, 0.3) is 0 Å². The predicted molar refractivity (Wildman–Crippen MR) is 37.3 cm³/mol. The Balaban J connectivity index is 0. The first-order valence-corrected chi connectivity index (χ1v) is 4.06. The van der Waals surface area contributed by atoms with E-state index in [9.17, 15) is 17.5 Å². The fourth-order valence-electron chi connectivity index (χ4n) is 0.150. The molecule has 0 aliphatic carbocycles. The second kappa shape index (κ2) is 7.36. The molecule has 0 aromatic carbocycles. The molecule has 0 rings (SSSR count). The van der Waals surface area contributed by atoms with Crippen LogP contribution in [0.1, 0.15) is 0 Å². The molecule has 4 nitrogen and oxygen atoms in total. The molecule has 0 bridgehead atoms. The van der Waals surface area contributed by atoms with Crippen LogP contribution in [-0.2, 0) is 9.09 Å². The second-order valence-electron chi connectivity index (χ2n) is 1.32. The van der Waals surface area contributed by atoms with Gasteiger partial charge in [-0.25, -0.2) is 4.57 Å². The molecule has 12 heavy (non-hydrogen) atoms. The highest BCUT2D eigenvalue weighted by Crippen LogP contribution is 2.35. The maximum Gasteiger partial charge on any atom is 0.762 e.